The van der Waals surface area contributed by atoms with Crippen LogP contribution in [-0.4, -0.2) is 112 Å². The molecule has 17 heteroatoms. The minimum absolute atomic E-state index is 0.00493. The summed E-state index contributed by atoms with van der Waals surface area (Å²) in [4.78, 5) is 58.5. The van der Waals surface area contributed by atoms with Gasteiger partial charge in [-0.05, 0) is 26.2 Å². The highest BCUT2D eigenvalue weighted by molar-refractivity contribution is 5.84. The Morgan fingerprint density at radius 2 is 1.15 bits per heavy atom. The molecule has 0 aromatic heterocycles. The molecule has 1 rings (SSSR count). The number of carbonyl (C=O) groups is 5. The molecule has 1 atom stereocenters. The third-order valence-electron chi connectivity index (χ3n) is 7.98. The third-order valence-corrected chi connectivity index (χ3v) is 7.98. The van der Waals surface area contributed by atoms with Gasteiger partial charge in [-0.3, -0.25) is 24.6 Å². The molecular formula is C35H65N7O10. The first-order valence-corrected chi connectivity index (χ1v) is 19.0. The highest BCUT2D eigenvalue weighted by atomic mass is 16.5. The van der Waals surface area contributed by atoms with Crippen LogP contribution in [0, 0.1) is 0 Å². The summed E-state index contributed by atoms with van der Waals surface area (Å²) in [6.45, 7) is 3.52. The fraction of sp³-hybridized carbons (Fsp3) is 0.829. The van der Waals surface area contributed by atoms with Gasteiger partial charge in [-0.1, -0.05) is 70.6 Å². The molecule has 300 valence electrons. The van der Waals surface area contributed by atoms with Crippen LogP contribution < -0.4 is 32.4 Å². The molecule has 1 heterocycles. The quantitative estimate of drug-likeness (QED) is 0.0453. The van der Waals surface area contributed by atoms with Crippen LogP contribution in [0.15, 0.2) is 5.10 Å². The van der Waals surface area contributed by atoms with Gasteiger partial charge in [-0.2, -0.15) is 0 Å². The average Bonchev–Trinajstić information content (AvgIpc) is 3.64. The van der Waals surface area contributed by atoms with Crippen molar-refractivity contribution in [2.24, 2.45) is 5.10 Å². The third kappa shape index (κ3) is 30.3. The molecule has 7 N–H and O–H groups in total. The van der Waals surface area contributed by atoms with Gasteiger partial charge in [-0.25, -0.2) is 10.3 Å². The van der Waals surface area contributed by atoms with Gasteiger partial charge in [0.25, 0.3) is 0 Å². The summed E-state index contributed by atoms with van der Waals surface area (Å²) in [7, 11) is 0. The first-order valence-electron chi connectivity index (χ1n) is 19.0. The molecule has 0 saturated heterocycles. The summed E-state index contributed by atoms with van der Waals surface area (Å²) in [6.07, 6.45) is 16.3. The van der Waals surface area contributed by atoms with E-state index < -0.39 is 12.0 Å². The number of rotatable bonds is 37. The van der Waals surface area contributed by atoms with E-state index in [9.17, 15) is 29.1 Å². The maximum atomic E-state index is 12.3. The van der Waals surface area contributed by atoms with Crippen LogP contribution in [0.3, 0.4) is 0 Å². The summed E-state index contributed by atoms with van der Waals surface area (Å²) in [5.41, 5.74) is 8.39. The fourth-order valence-corrected chi connectivity index (χ4v) is 5.15. The molecule has 0 aromatic carbocycles. The number of amides is 3. The van der Waals surface area contributed by atoms with Gasteiger partial charge in [0, 0.05) is 32.4 Å². The van der Waals surface area contributed by atoms with Crippen molar-refractivity contribution in [3.63, 3.8) is 0 Å². The second-order valence-electron chi connectivity index (χ2n) is 12.7. The number of hydrogen-bond acceptors (Lipinski definition) is 13. The van der Waals surface area contributed by atoms with E-state index in [1.807, 2.05) is 0 Å². The van der Waals surface area contributed by atoms with E-state index in [1.54, 1.807) is 0 Å². The molecule has 0 saturated carbocycles. The minimum atomic E-state index is -1.16. The second-order valence-corrected chi connectivity index (χ2v) is 12.7. The van der Waals surface area contributed by atoms with Crippen LogP contribution in [0.5, 0.6) is 0 Å². The number of nitrogens with zero attached hydrogens (tertiary/aromatic N) is 1. The Kier molecular flexibility index (Phi) is 30.0. The number of unbranched alkanes of at least 4 members (excludes halogenated alkanes) is 12. The van der Waals surface area contributed by atoms with Crippen LogP contribution in [0.4, 0.5) is 0 Å². The smallest absolute Gasteiger partial charge is 0.326 e. The number of carboxylic acid groups (broad SMARTS) is 1. The van der Waals surface area contributed by atoms with Crippen LogP contribution >= 0.6 is 0 Å². The number of Topliss-reactive ketones (excluding diaryl/α,β-unsaturated/α-hetero) is 1. The molecule has 0 bridgehead atoms. The van der Waals surface area contributed by atoms with Crippen molar-refractivity contribution in [3.8, 4) is 0 Å². The van der Waals surface area contributed by atoms with Crippen molar-refractivity contribution in [2.75, 3.05) is 65.9 Å². The van der Waals surface area contributed by atoms with Gasteiger partial charge in [0.05, 0.1) is 39.6 Å². The number of hydrazine groups is 2. The Balaban J connectivity index is 1.90. The van der Waals surface area contributed by atoms with Gasteiger partial charge in [-0.15, -0.1) is 10.6 Å². The number of hydrogen-bond donors (Lipinski definition) is 7. The van der Waals surface area contributed by atoms with E-state index in [-0.39, 0.29) is 82.3 Å². The lowest BCUT2D eigenvalue weighted by Crippen LogP contribution is -2.41. The van der Waals surface area contributed by atoms with Gasteiger partial charge >= 0.3 is 5.97 Å². The Labute approximate surface area is 308 Å². The molecule has 1 aliphatic rings. The molecule has 0 aliphatic carbocycles. The zero-order valence-electron chi connectivity index (χ0n) is 31.2. The maximum Gasteiger partial charge on any atom is 0.326 e. The Hall–Kier alpha value is -3.38. The van der Waals surface area contributed by atoms with Gasteiger partial charge in [0.2, 0.25) is 17.7 Å². The number of carbonyl (C=O) groups excluding carboxylic acids is 4. The van der Waals surface area contributed by atoms with E-state index >= 15 is 0 Å². The summed E-state index contributed by atoms with van der Waals surface area (Å²) in [5, 5.41) is 21.4. The van der Waals surface area contributed by atoms with Crippen molar-refractivity contribution < 1.29 is 48.0 Å². The topological polar surface area (TPSA) is 227 Å². The van der Waals surface area contributed by atoms with Crippen LogP contribution in [-0.2, 0) is 42.9 Å². The largest absolute Gasteiger partial charge is 0.480 e. The zero-order chi connectivity index (χ0) is 37.9. The standard InChI is InChI=1S/C35H65N7O10/c1-29(43)27-51-25-23-50-22-20-37-34(46)28-52-26-24-49-21-19-36-32(44)18-17-30(35(47)48)38-33(45)16-14-12-10-8-6-4-2-3-5-7-9-11-13-15-31-39-41-42-40-31/h30,41-42H,2-28H2,1H3,(H,36,44)(H,37,46)(H,38,45)(H,39,40)(H,47,48). The Bertz CT molecular complexity index is 1020. The molecule has 52 heavy (non-hydrogen) atoms. The summed E-state index contributed by atoms with van der Waals surface area (Å²) >= 11 is 0. The molecule has 3 amide bonds. The number of carboxylic acids is 1. The number of aliphatic carboxylic acids is 1. The lowest BCUT2D eigenvalue weighted by Gasteiger charge is -2.14. The molecule has 0 radical (unpaired) electrons. The number of ketones is 1. The number of amidine groups is 1. The Morgan fingerprint density at radius 3 is 1.69 bits per heavy atom. The minimum Gasteiger partial charge on any atom is -0.480 e. The van der Waals surface area contributed by atoms with Crippen molar-refractivity contribution >= 4 is 35.3 Å². The number of hydrazone groups is 1. The first-order chi connectivity index (χ1) is 25.3. The van der Waals surface area contributed by atoms with Crippen molar-refractivity contribution in [2.45, 2.75) is 122 Å². The number of nitrogens with one attached hydrogen (secondary N) is 6. The monoisotopic (exact) mass is 743 g/mol. The van der Waals surface area contributed by atoms with E-state index in [0.29, 0.717) is 32.8 Å². The average molecular weight is 744 g/mol. The van der Waals surface area contributed by atoms with E-state index in [2.05, 4.69) is 37.5 Å². The van der Waals surface area contributed by atoms with Crippen molar-refractivity contribution in [1.82, 2.24) is 32.4 Å². The molecule has 1 unspecified atom stereocenters. The normalized spacial score (nSPS) is 12.8. The van der Waals surface area contributed by atoms with Crippen molar-refractivity contribution in [3.05, 3.63) is 0 Å². The number of ether oxygens (including phenoxy) is 4. The maximum absolute atomic E-state index is 12.3. The van der Waals surface area contributed by atoms with Gasteiger partial charge in [0.1, 0.15) is 25.1 Å². The molecular weight excluding hydrogens is 678 g/mol. The summed E-state index contributed by atoms with van der Waals surface area (Å²) < 4.78 is 21.0. The van der Waals surface area contributed by atoms with Gasteiger partial charge in [0.15, 0.2) is 5.78 Å². The predicted molar refractivity (Wildman–Crippen MR) is 195 cm³/mol. The SMILES string of the molecule is CC(=O)COCCOCCNC(=O)COCCOCCNC(=O)CCC(NC(=O)CCCCCCCCCCCCCCCC1=NNNN1)C(=O)O. The lowest BCUT2D eigenvalue weighted by molar-refractivity contribution is -0.142. The predicted octanol–water partition coefficient (Wildman–Crippen LogP) is 2.00. The fourth-order valence-electron chi connectivity index (χ4n) is 5.15. The summed E-state index contributed by atoms with van der Waals surface area (Å²) in [5.74, 6) is -1.18. The summed E-state index contributed by atoms with van der Waals surface area (Å²) in [6, 6.07) is -1.12. The van der Waals surface area contributed by atoms with Crippen LogP contribution in [0.25, 0.3) is 0 Å². The molecule has 0 spiro atoms. The Morgan fingerprint density at radius 1 is 0.635 bits per heavy atom. The first kappa shape index (κ1) is 46.6. The van der Waals surface area contributed by atoms with Crippen molar-refractivity contribution in [1.29, 1.82) is 0 Å². The molecule has 0 aromatic rings. The zero-order valence-corrected chi connectivity index (χ0v) is 31.2. The highest BCUT2D eigenvalue weighted by Crippen LogP contribution is 2.13. The molecule has 0 fully saturated rings. The van der Waals surface area contributed by atoms with E-state index in [0.717, 1.165) is 37.9 Å². The molecule has 17 nitrogen and oxygen atoms in total. The van der Waals surface area contributed by atoms with Gasteiger partial charge < -0.3 is 40.0 Å². The van der Waals surface area contributed by atoms with Crippen LogP contribution in [0.2, 0.25) is 0 Å². The van der Waals surface area contributed by atoms with E-state index in [4.69, 9.17) is 18.9 Å². The van der Waals surface area contributed by atoms with Crippen LogP contribution in [0.1, 0.15) is 116 Å². The highest BCUT2D eigenvalue weighted by Gasteiger charge is 2.20. The lowest BCUT2D eigenvalue weighted by atomic mass is 10.0. The molecule has 1 aliphatic heterocycles. The second kappa shape index (κ2) is 33.5. The van der Waals surface area contributed by atoms with E-state index in [1.165, 1.54) is 58.3 Å².